The Morgan fingerprint density at radius 1 is 0.958 bits per heavy atom. The number of para-hydroxylation sites is 2. The third-order valence-corrected chi connectivity index (χ3v) is 5.25. The fourth-order valence-corrected chi connectivity index (χ4v) is 3.89. The van der Waals surface area contributed by atoms with E-state index in [4.69, 9.17) is 0 Å². The fourth-order valence-electron chi connectivity index (χ4n) is 2.59. The number of hydrogen-bond donors (Lipinski definition) is 1. The molecule has 0 amide bonds. The van der Waals surface area contributed by atoms with Gasteiger partial charge in [-0.1, -0.05) is 43.0 Å². The monoisotopic (exact) mass is 351 g/mol. The molecule has 0 spiro atoms. The maximum absolute atomic E-state index is 4.53. The van der Waals surface area contributed by atoms with Gasteiger partial charge in [0.1, 0.15) is 0 Å². The largest absolute Gasteiger partial charge is 0.313 e. The minimum absolute atomic E-state index is 0.320. The quantitative estimate of drug-likeness (QED) is 0.377. The van der Waals surface area contributed by atoms with Gasteiger partial charge in [-0.15, -0.1) is 12.2 Å². The van der Waals surface area contributed by atoms with Crippen LogP contribution in [0, 0.1) is 6.92 Å². The first-order valence-corrected chi connectivity index (χ1v) is 9.96. The lowest BCUT2D eigenvalue weighted by atomic mass is 10.1. The molecular formula is C20H20N2PS+. The summed E-state index contributed by atoms with van der Waals surface area (Å²) in [6.45, 7) is 6.40. The molecule has 4 heteroatoms. The number of pyridine rings is 1. The Balaban J connectivity index is 1.88. The van der Waals surface area contributed by atoms with Gasteiger partial charge in [-0.25, -0.2) is 0 Å². The van der Waals surface area contributed by atoms with Gasteiger partial charge in [0.05, 0.1) is 0 Å². The van der Waals surface area contributed by atoms with Crippen LogP contribution in [0.2, 0.25) is 0 Å². The van der Waals surface area contributed by atoms with Crippen molar-refractivity contribution in [2.75, 3.05) is 4.67 Å². The van der Waals surface area contributed by atoms with Crippen molar-refractivity contribution in [3.63, 3.8) is 0 Å². The number of aromatic nitrogens is 1. The van der Waals surface area contributed by atoms with Crippen LogP contribution in [0.15, 0.2) is 85.7 Å². The molecule has 120 valence electrons. The van der Waals surface area contributed by atoms with E-state index in [1.807, 2.05) is 30.3 Å². The van der Waals surface area contributed by atoms with Crippen LogP contribution in [0.4, 0.5) is 5.69 Å². The molecule has 0 saturated heterocycles. The molecule has 0 aliphatic rings. The van der Waals surface area contributed by atoms with Gasteiger partial charge in [0.25, 0.3) is 0 Å². The average Bonchev–Trinajstić information content (AvgIpc) is 2.64. The van der Waals surface area contributed by atoms with Crippen molar-refractivity contribution in [3.05, 3.63) is 96.8 Å². The number of anilines is 1. The summed E-state index contributed by atoms with van der Waals surface area (Å²) in [6.07, 6.45) is 4.13. The number of aryl methyl sites for hydroxylation is 1. The topological polar surface area (TPSA) is 7.12 Å². The van der Waals surface area contributed by atoms with Gasteiger partial charge in [0, 0.05) is 49.1 Å². The zero-order valence-corrected chi connectivity index (χ0v) is 15.4. The first-order valence-electron chi connectivity index (χ1n) is 7.72. The van der Waals surface area contributed by atoms with Crippen molar-refractivity contribution in [2.45, 2.75) is 6.92 Å². The minimum Gasteiger partial charge on any atom is -0.313 e. The molecule has 0 bridgehead atoms. The van der Waals surface area contributed by atoms with E-state index in [0.717, 1.165) is 22.6 Å². The summed E-state index contributed by atoms with van der Waals surface area (Å²) < 4.78 is 4.25. The van der Waals surface area contributed by atoms with Gasteiger partial charge in [-0.2, -0.15) is 4.57 Å². The molecule has 24 heavy (non-hydrogen) atoms. The molecule has 0 fully saturated rings. The van der Waals surface area contributed by atoms with E-state index < -0.39 is 0 Å². The molecule has 0 aliphatic carbocycles. The van der Waals surface area contributed by atoms with E-state index in [2.05, 4.69) is 83.8 Å². The van der Waals surface area contributed by atoms with Crippen molar-refractivity contribution in [2.24, 2.45) is 0 Å². The van der Waals surface area contributed by atoms with Gasteiger partial charge in [-0.3, -0.25) is 0 Å². The van der Waals surface area contributed by atoms with Crippen LogP contribution >= 0.6 is 20.2 Å². The second kappa shape index (κ2) is 7.65. The molecular weight excluding hydrogens is 331 g/mol. The standard InChI is InChI=1S/C20H20N2PS/c1-16-8-6-7-11-20(16)22(23-24)17(2)18-12-14-21(15-13-18)19-9-4-3-5-10-19/h3-15,23-24H,2H2,1H3/q+1. The molecule has 1 unspecified atom stereocenters. The smallest absolute Gasteiger partial charge is 0.210 e. The molecule has 0 aliphatic heterocycles. The van der Waals surface area contributed by atoms with Crippen molar-refractivity contribution < 1.29 is 4.57 Å². The summed E-state index contributed by atoms with van der Waals surface area (Å²) in [5.74, 6) is 0. The maximum atomic E-state index is 4.53. The molecule has 3 rings (SSSR count). The Labute approximate surface area is 150 Å². The lowest BCUT2D eigenvalue weighted by Crippen LogP contribution is -2.29. The van der Waals surface area contributed by atoms with E-state index in [0.29, 0.717) is 7.93 Å². The van der Waals surface area contributed by atoms with Crippen LogP contribution in [0.1, 0.15) is 11.1 Å². The third-order valence-electron chi connectivity index (χ3n) is 3.94. The number of benzene rings is 2. The molecule has 1 heterocycles. The van der Waals surface area contributed by atoms with E-state index in [1.165, 1.54) is 5.56 Å². The van der Waals surface area contributed by atoms with Crippen LogP contribution in [0.5, 0.6) is 0 Å². The van der Waals surface area contributed by atoms with Crippen molar-refractivity contribution in [1.82, 2.24) is 0 Å². The Morgan fingerprint density at radius 2 is 1.58 bits per heavy atom. The first kappa shape index (κ1) is 16.8. The number of thiol groups is 1. The molecule has 0 radical (unpaired) electrons. The van der Waals surface area contributed by atoms with E-state index >= 15 is 0 Å². The van der Waals surface area contributed by atoms with Crippen LogP contribution in [0.3, 0.4) is 0 Å². The number of hydrogen-bond acceptors (Lipinski definition) is 2. The molecule has 1 aromatic heterocycles. The summed E-state index contributed by atoms with van der Waals surface area (Å²) in [5.41, 5.74) is 5.55. The average molecular weight is 351 g/mol. The van der Waals surface area contributed by atoms with Crippen molar-refractivity contribution >= 4 is 31.6 Å². The number of rotatable bonds is 5. The predicted molar refractivity (Wildman–Crippen MR) is 108 cm³/mol. The Morgan fingerprint density at radius 3 is 2.21 bits per heavy atom. The zero-order chi connectivity index (χ0) is 16.9. The normalized spacial score (nSPS) is 10.9. The highest BCUT2D eigenvalue weighted by Gasteiger charge is 2.14. The maximum Gasteiger partial charge on any atom is 0.210 e. The Kier molecular flexibility index (Phi) is 5.34. The minimum atomic E-state index is 0.320. The highest BCUT2D eigenvalue weighted by molar-refractivity contribution is 8.38. The van der Waals surface area contributed by atoms with Crippen LogP contribution < -0.4 is 9.24 Å². The molecule has 2 aromatic carbocycles. The summed E-state index contributed by atoms with van der Waals surface area (Å²) in [6, 6.07) is 22.8. The molecule has 1 atom stereocenters. The summed E-state index contributed by atoms with van der Waals surface area (Å²) in [4.78, 5) is 0. The van der Waals surface area contributed by atoms with Gasteiger partial charge < -0.3 is 4.67 Å². The fraction of sp³-hybridized carbons (Fsp3) is 0.0500. The van der Waals surface area contributed by atoms with Crippen LogP contribution in [-0.2, 0) is 0 Å². The summed E-state index contributed by atoms with van der Waals surface area (Å²) in [5, 5.41) is 0. The summed E-state index contributed by atoms with van der Waals surface area (Å²) in [7, 11) is 0.320. The van der Waals surface area contributed by atoms with E-state index in [-0.39, 0.29) is 0 Å². The number of nitrogens with zero attached hydrogens (tertiary/aromatic N) is 2. The molecule has 0 N–H and O–H groups in total. The van der Waals surface area contributed by atoms with Crippen molar-refractivity contribution in [1.29, 1.82) is 0 Å². The SMILES string of the molecule is C=C(c1cc[n+](-c2ccccc2)cc1)N(PS)c1ccccc1C. The van der Waals surface area contributed by atoms with Crippen molar-refractivity contribution in [3.8, 4) is 5.69 Å². The van der Waals surface area contributed by atoms with E-state index in [9.17, 15) is 0 Å². The van der Waals surface area contributed by atoms with E-state index in [1.54, 1.807) is 0 Å². The van der Waals surface area contributed by atoms with Gasteiger partial charge in [0.15, 0.2) is 12.4 Å². The van der Waals surface area contributed by atoms with Gasteiger partial charge in [0.2, 0.25) is 5.69 Å². The molecule has 0 saturated carbocycles. The second-order valence-electron chi connectivity index (χ2n) is 5.50. The molecule has 3 aromatic rings. The van der Waals surface area contributed by atoms with Crippen LogP contribution in [-0.4, -0.2) is 0 Å². The van der Waals surface area contributed by atoms with Gasteiger partial charge in [-0.05, 0) is 18.6 Å². The lowest BCUT2D eigenvalue weighted by Gasteiger charge is -2.25. The Bertz CT molecular complexity index is 832. The summed E-state index contributed by atoms with van der Waals surface area (Å²) >= 11 is 4.53. The predicted octanol–water partition coefficient (Wildman–Crippen LogP) is 5.19. The van der Waals surface area contributed by atoms with Gasteiger partial charge >= 0.3 is 0 Å². The lowest BCUT2D eigenvalue weighted by molar-refractivity contribution is -0.595. The first-order chi connectivity index (χ1) is 11.7. The highest BCUT2D eigenvalue weighted by Crippen LogP contribution is 2.39. The zero-order valence-electron chi connectivity index (χ0n) is 13.6. The second-order valence-corrected chi connectivity index (χ2v) is 6.75. The third kappa shape index (κ3) is 3.53. The Hall–Kier alpha value is -2.09. The molecule has 2 nitrogen and oxygen atoms in total. The van der Waals surface area contributed by atoms with Crippen LogP contribution in [0.25, 0.3) is 11.4 Å². The highest BCUT2D eigenvalue weighted by atomic mass is 32.7.